The summed E-state index contributed by atoms with van der Waals surface area (Å²) in [5, 5.41) is 2.82. The van der Waals surface area contributed by atoms with Crippen LogP contribution in [-0.2, 0) is 23.7 Å². The van der Waals surface area contributed by atoms with E-state index >= 15 is 0 Å². The van der Waals surface area contributed by atoms with Crippen LogP contribution < -0.4 is 4.74 Å². The Balaban J connectivity index is 1.57. The Morgan fingerprint density at radius 3 is 2.17 bits per heavy atom. The molecule has 0 fully saturated rings. The number of rotatable bonds is 4. The van der Waals surface area contributed by atoms with Crippen molar-refractivity contribution in [3.05, 3.63) is 141 Å². The normalized spacial score (nSPS) is 18.1. The molecular formula is C41H40O. The van der Waals surface area contributed by atoms with E-state index in [0.717, 1.165) is 18.6 Å². The first kappa shape index (κ1) is 26.8. The number of fused-ring (bicyclic) bond motifs is 8. The van der Waals surface area contributed by atoms with Crippen LogP contribution in [0.5, 0.6) is 5.75 Å². The van der Waals surface area contributed by atoms with E-state index in [1.165, 1.54) is 77.5 Å². The molecule has 1 nitrogen and oxygen atoms in total. The molecule has 0 N–H and O–H groups in total. The van der Waals surface area contributed by atoms with Gasteiger partial charge in [-0.1, -0.05) is 105 Å². The van der Waals surface area contributed by atoms with Gasteiger partial charge in [-0.25, -0.2) is 0 Å². The van der Waals surface area contributed by atoms with Crippen molar-refractivity contribution in [1.82, 2.24) is 0 Å². The molecule has 2 aliphatic carbocycles. The first-order valence-electron chi connectivity index (χ1n) is 15.3. The smallest absolute Gasteiger partial charge is 0.118 e. The van der Waals surface area contributed by atoms with Gasteiger partial charge in [-0.05, 0) is 118 Å². The van der Waals surface area contributed by atoms with Crippen LogP contribution in [0.3, 0.4) is 0 Å². The summed E-state index contributed by atoms with van der Waals surface area (Å²) in [6.45, 7) is 13.9. The standard InChI is InChI=1S/C41H40O/c1-8-28-11-13-29(14-12-28)41(30-15-17-31(42-7)18-16-30)22-21-32-35(24-41)37-27(4)26(3)10-20-34(37)38-33-19-9-25(2)23-36(33)40(5,6)39(32)38/h9-23H,8,24H2,1-7H3. The summed E-state index contributed by atoms with van der Waals surface area (Å²) in [5.74, 6) is 0.889. The van der Waals surface area contributed by atoms with E-state index in [1.807, 2.05) is 0 Å². The molecule has 0 spiro atoms. The van der Waals surface area contributed by atoms with E-state index in [1.54, 1.807) is 7.11 Å². The van der Waals surface area contributed by atoms with Gasteiger partial charge in [0.1, 0.15) is 5.75 Å². The molecule has 0 saturated carbocycles. The van der Waals surface area contributed by atoms with Gasteiger partial charge < -0.3 is 4.74 Å². The summed E-state index contributed by atoms with van der Waals surface area (Å²) in [7, 11) is 1.74. The fourth-order valence-electron chi connectivity index (χ4n) is 7.85. The highest BCUT2D eigenvalue weighted by Crippen LogP contribution is 2.57. The first-order chi connectivity index (χ1) is 20.2. The lowest BCUT2D eigenvalue weighted by Crippen LogP contribution is -2.32. The van der Waals surface area contributed by atoms with Crippen LogP contribution >= 0.6 is 0 Å². The van der Waals surface area contributed by atoms with E-state index < -0.39 is 0 Å². The monoisotopic (exact) mass is 548 g/mol. The van der Waals surface area contributed by atoms with E-state index in [2.05, 4.69) is 133 Å². The maximum Gasteiger partial charge on any atom is 0.118 e. The largest absolute Gasteiger partial charge is 0.497 e. The molecule has 1 heteroatoms. The molecule has 1 unspecified atom stereocenters. The van der Waals surface area contributed by atoms with Gasteiger partial charge in [0.15, 0.2) is 0 Å². The average Bonchev–Trinajstić information content (AvgIpc) is 3.24. The number of hydrogen-bond donors (Lipinski definition) is 0. The molecule has 2 aliphatic rings. The maximum absolute atomic E-state index is 5.56. The van der Waals surface area contributed by atoms with Crippen molar-refractivity contribution < 1.29 is 4.74 Å². The van der Waals surface area contributed by atoms with E-state index in [-0.39, 0.29) is 10.8 Å². The SMILES string of the molecule is CCc1ccc(C2(c3ccc(OC)cc3)C=Cc3c4c(c5ccc(C)c(C)c5c3C2)-c2ccc(C)cc2C4(C)C)cc1. The zero-order valence-electron chi connectivity index (χ0n) is 26.0. The highest BCUT2D eigenvalue weighted by Gasteiger charge is 2.43. The van der Waals surface area contributed by atoms with Crippen molar-refractivity contribution in [2.75, 3.05) is 7.11 Å². The van der Waals surface area contributed by atoms with Crippen LogP contribution in [0.1, 0.15) is 76.4 Å². The minimum atomic E-state index is -0.283. The minimum Gasteiger partial charge on any atom is -0.497 e. The third-order valence-electron chi connectivity index (χ3n) is 10.4. The summed E-state index contributed by atoms with van der Waals surface area (Å²) in [4.78, 5) is 0. The van der Waals surface area contributed by atoms with Gasteiger partial charge in [0.05, 0.1) is 7.11 Å². The molecule has 5 aromatic rings. The lowest BCUT2D eigenvalue weighted by molar-refractivity contribution is 0.414. The second kappa shape index (κ2) is 9.46. The summed E-state index contributed by atoms with van der Waals surface area (Å²) in [6.07, 6.45) is 6.92. The van der Waals surface area contributed by atoms with Crippen LogP contribution in [0.25, 0.3) is 28.0 Å². The van der Waals surface area contributed by atoms with E-state index in [0.29, 0.717) is 0 Å². The lowest BCUT2D eigenvalue weighted by Gasteiger charge is -2.38. The quantitative estimate of drug-likeness (QED) is 0.217. The predicted octanol–water partition coefficient (Wildman–Crippen LogP) is 10.2. The summed E-state index contributed by atoms with van der Waals surface area (Å²) in [5.41, 5.74) is 16.3. The van der Waals surface area contributed by atoms with Gasteiger partial charge in [0, 0.05) is 10.8 Å². The molecule has 42 heavy (non-hydrogen) atoms. The van der Waals surface area contributed by atoms with Crippen LogP contribution in [0.2, 0.25) is 0 Å². The first-order valence-corrected chi connectivity index (χ1v) is 15.3. The van der Waals surface area contributed by atoms with Crippen molar-refractivity contribution in [3.8, 4) is 16.9 Å². The van der Waals surface area contributed by atoms with Crippen molar-refractivity contribution in [2.45, 2.75) is 65.2 Å². The molecular weight excluding hydrogens is 508 g/mol. The van der Waals surface area contributed by atoms with Crippen LogP contribution in [-0.4, -0.2) is 7.11 Å². The number of benzene rings is 5. The van der Waals surface area contributed by atoms with Crippen molar-refractivity contribution >= 4 is 16.8 Å². The molecule has 0 amide bonds. The van der Waals surface area contributed by atoms with Gasteiger partial charge >= 0.3 is 0 Å². The third-order valence-corrected chi connectivity index (χ3v) is 10.4. The molecule has 210 valence electrons. The van der Waals surface area contributed by atoms with Gasteiger partial charge in [0.25, 0.3) is 0 Å². The predicted molar refractivity (Wildman–Crippen MR) is 178 cm³/mol. The second-order valence-electron chi connectivity index (χ2n) is 13.0. The fraction of sp³-hybridized carbons (Fsp3) is 0.268. The fourth-order valence-corrected chi connectivity index (χ4v) is 7.85. The Labute approximate surface area is 250 Å². The second-order valence-corrected chi connectivity index (χ2v) is 13.0. The highest BCUT2D eigenvalue weighted by atomic mass is 16.5. The Hall–Kier alpha value is -4.10. The molecule has 0 aromatic heterocycles. The highest BCUT2D eigenvalue weighted by molar-refractivity contribution is 6.08. The molecule has 0 radical (unpaired) electrons. The Kier molecular flexibility index (Phi) is 6.03. The number of hydrogen-bond acceptors (Lipinski definition) is 1. The van der Waals surface area contributed by atoms with E-state index in [4.69, 9.17) is 4.74 Å². The molecule has 5 aromatic carbocycles. The minimum absolute atomic E-state index is 0.0824. The van der Waals surface area contributed by atoms with Crippen molar-refractivity contribution in [2.24, 2.45) is 0 Å². The molecule has 0 aliphatic heterocycles. The van der Waals surface area contributed by atoms with E-state index in [9.17, 15) is 0 Å². The summed E-state index contributed by atoms with van der Waals surface area (Å²) in [6, 6.07) is 29.8. The lowest BCUT2D eigenvalue weighted by atomic mass is 9.64. The maximum atomic E-state index is 5.56. The molecule has 0 saturated heterocycles. The Morgan fingerprint density at radius 1 is 0.810 bits per heavy atom. The number of ether oxygens (including phenoxy) is 1. The Morgan fingerprint density at radius 2 is 1.50 bits per heavy atom. The zero-order valence-corrected chi connectivity index (χ0v) is 26.0. The third kappa shape index (κ3) is 3.69. The molecule has 1 atom stereocenters. The summed E-state index contributed by atoms with van der Waals surface area (Å²) < 4.78 is 5.56. The van der Waals surface area contributed by atoms with Gasteiger partial charge in [-0.2, -0.15) is 0 Å². The van der Waals surface area contributed by atoms with Crippen molar-refractivity contribution in [3.63, 3.8) is 0 Å². The summed E-state index contributed by atoms with van der Waals surface area (Å²) >= 11 is 0. The topological polar surface area (TPSA) is 9.23 Å². The van der Waals surface area contributed by atoms with Crippen molar-refractivity contribution in [1.29, 1.82) is 0 Å². The average molecular weight is 549 g/mol. The van der Waals surface area contributed by atoms with Crippen LogP contribution in [0.4, 0.5) is 0 Å². The Bertz CT molecular complexity index is 1850. The van der Waals surface area contributed by atoms with Crippen LogP contribution in [0, 0.1) is 20.8 Å². The number of allylic oxidation sites excluding steroid dienone is 1. The molecule has 0 heterocycles. The van der Waals surface area contributed by atoms with Gasteiger partial charge in [0.2, 0.25) is 0 Å². The van der Waals surface area contributed by atoms with Crippen LogP contribution in [0.15, 0.2) is 84.9 Å². The number of methoxy groups -OCH3 is 1. The number of aryl methyl sites for hydroxylation is 4. The molecule has 0 bridgehead atoms. The van der Waals surface area contributed by atoms with Gasteiger partial charge in [-0.15, -0.1) is 0 Å². The zero-order chi connectivity index (χ0) is 29.4. The molecule has 7 rings (SSSR count). The van der Waals surface area contributed by atoms with Gasteiger partial charge in [-0.3, -0.25) is 0 Å².